The van der Waals surface area contributed by atoms with Crippen molar-refractivity contribution in [3.05, 3.63) is 54.6 Å². The maximum atomic E-state index is 5.71. The highest BCUT2D eigenvalue weighted by Crippen LogP contribution is 2.31. The Kier molecular flexibility index (Phi) is 3.25. The van der Waals surface area contributed by atoms with Crippen LogP contribution in [-0.2, 0) is 0 Å². The summed E-state index contributed by atoms with van der Waals surface area (Å²) in [4.78, 5) is 4.32. The Balaban J connectivity index is 2.12. The summed E-state index contributed by atoms with van der Waals surface area (Å²) in [6.07, 6.45) is 0. The van der Waals surface area contributed by atoms with Crippen molar-refractivity contribution in [1.29, 1.82) is 0 Å². The van der Waals surface area contributed by atoms with Gasteiger partial charge in [0.25, 0.3) is 0 Å². The molecule has 3 aromatic rings. The summed E-state index contributed by atoms with van der Waals surface area (Å²) >= 11 is 0. The summed E-state index contributed by atoms with van der Waals surface area (Å²) in [5, 5.41) is 1.07. The van der Waals surface area contributed by atoms with Crippen LogP contribution < -0.4 is 10.5 Å². The number of hydrogen-bond acceptors (Lipinski definition) is 3. The van der Waals surface area contributed by atoms with Crippen molar-refractivity contribution in [3.8, 4) is 16.9 Å². The van der Waals surface area contributed by atoms with E-state index >= 15 is 0 Å². The van der Waals surface area contributed by atoms with Crippen LogP contribution in [0.5, 0.6) is 5.75 Å². The van der Waals surface area contributed by atoms with Crippen LogP contribution in [0.1, 0.15) is 6.92 Å². The van der Waals surface area contributed by atoms with Gasteiger partial charge in [-0.25, -0.2) is 4.98 Å². The Labute approximate surface area is 118 Å². The fraction of sp³-hybridized carbons (Fsp3) is 0.118. The van der Waals surface area contributed by atoms with Crippen LogP contribution >= 0.6 is 0 Å². The second-order valence-electron chi connectivity index (χ2n) is 4.57. The van der Waals surface area contributed by atoms with Gasteiger partial charge < -0.3 is 10.5 Å². The number of anilines is 1. The van der Waals surface area contributed by atoms with Crippen molar-refractivity contribution in [1.82, 2.24) is 4.98 Å². The van der Waals surface area contributed by atoms with Gasteiger partial charge in [-0.3, -0.25) is 0 Å². The molecule has 3 nitrogen and oxygen atoms in total. The highest BCUT2D eigenvalue weighted by molar-refractivity contribution is 5.86. The van der Waals surface area contributed by atoms with Crippen LogP contribution in [0.25, 0.3) is 22.0 Å². The first kappa shape index (κ1) is 12.5. The lowest BCUT2D eigenvalue weighted by atomic mass is 10.0. The molecule has 0 spiro atoms. The van der Waals surface area contributed by atoms with Crippen molar-refractivity contribution >= 4 is 16.7 Å². The van der Waals surface area contributed by atoms with E-state index in [-0.39, 0.29) is 0 Å². The predicted molar refractivity (Wildman–Crippen MR) is 82.8 cm³/mol. The summed E-state index contributed by atoms with van der Waals surface area (Å²) < 4.78 is 5.69. The number of ether oxygens (including phenoxy) is 1. The van der Waals surface area contributed by atoms with Crippen molar-refractivity contribution in [2.45, 2.75) is 6.92 Å². The molecule has 3 rings (SSSR count). The molecule has 1 heterocycles. The number of nitrogens with zero attached hydrogens (tertiary/aromatic N) is 1. The number of aromatic nitrogens is 1. The summed E-state index contributed by atoms with van der Waals surface area (Å²) in [5.74, 6) is 1.44. The molecule has 20 heavy (non-hydrogen) atoms. The smallest absolute Gasteiger partial charge is 0.127 e. The van der Waals surface area contributed by atoms with E-state index < -0.39 is 0 Å². The minimum absolute atomic E-state index is 0.542. The highest BCUT2D eigenvalue weighted by Gasteiger charge is 2.06. The van der Waals surface area contributed by atoms with Crippen LogP contribution in [0, 0.1) is 0 Å². The maximum Gasteiger partial charge on any atom is 0.127 e. The number of nitrogen functional groups attached to an aromatic ring is 1. The van der Waals surface area contributed by atoms with E-state index in [4.69, 9.17) is 10.5 Å². The van der Waals surface area contributed by atoms with Gasteiger partial charge in [-0.1, -0.05) is 24.3 Å². The molecule has 0 fully saturated rings. The number of para-hydroxylation sites is 1. The normalized spacial score (nSPS) is 10.7. The molecule has 2 N–H and O–H groups in total. The van der Waals surface area contributed by atoms with Crippen LogP contribution in [-0.4, -0.2) is 11.6 Å². The van der Waals surface area contributed by atoms with Gasteiger partial charge in [0.15, 0.2) is 0 Å². The summed E-state index contributed by atoms with van der Waals surface area (Å²) in [5.41, 5.74) is 8.82. The van der Waals surface area contributed by atoms with Gasteiger partial charge in [0.2, 0.25) is 0 Å². The third kappa shape index (κ3) is 2.30. The molecule has 100 valence electrons. The summed E-state index contributed by atoms with van der Waals surface area (Å²) in [6, 6.07) is 18.0. The van der Waals surface area contributed by atoms with Crippen LogP contribution in [0.4, 0.5) is 5.82 Å². The van der Waals surface area contributed by atoms with E-state index in [9.17, 15) is 0 Å². The van der Waals surface area contributed by atoms with E-state index in [2.05, 4.69) is 17.1 Å². The molecular formula is C17H16N2O. The lowest BCUT2D eigenvalue weighted by Gasteiger charge is -2.10. The Morgan fingerprint density at radius 1 is 1.05 bits per heavy atom. The molecule has 0 atom stereocenters. The van der Waals surface area contributed by atoms with Gasteiger partial charge in [-0.15, -0.1) is 0 Å². The molecule has 0 unspecified atom stereocenters. The van der Waals surface area contributed by atoms with Crippen LogP contribution in [0.15, 0.2) is 54.6 Å². The molecular weight excluding hydrogens is 248 g/mol. The van der Waals surface area contributed by atoms with Gasteiger partial charge in [-0.2, -0.15) is 0 Å². The number of hydrogen-bond donors (Lipinski definition) is 1. The van der Waals surface area contributed by atoms with E-state index in [1.54, 1.807) is 0 Å². The third-order valence-corrected chi connectivity index (χ3v) is 3.21. The first-order chi connectivity index (χ1) is 9.78. The van der Waals surface area contributed by atoms with Crippen molar-refractivity contribution in [2.75, 3.05) is 12.3 Å². The third-order valence-electron chi connectivity index (χ3n) is 3.21. The molecule has 0 saturated heterocycles. The van der Waals surface area contributed by atoms with E-state index in [0.29, 0.717) is 12.4 Å². The van der Waals surface area contributed by atoms with Gasteiger partial charge in [0, 0.05) is 10.9 Å². The number of nitrogens with two attached hydrogens (primary N) is 1. The minimum Gasteiger partial charge on any atom is -0.493 e. The lowest BCUT2D eigenvalue weighted by molar-refractivity contribution is 0.341. The largest absolute Gasteiger partial charge is 0.493 e. The van der Waals surface area contributed by atoms with Gasteiger partial charge >= 0.3 is 0 Å². The van der Waals surface area contributed by atoms with E-state index in [0.717, 1.165) is 27.8 Å². The average Bonchev–Trinajstić information content (AvgIpc) is 2.48. The van der Waals surface area contributed by atoms with Crippen LogP contribution in [0.3, 0.4) is 0 Å². The number of fused-ring (bicyclic) bond motifs is 1. The Morgan fingerprint density at radius 3 is 2.75 bits per heavy atom. The molecule has 0 bridgehead atoms. The second kappa shape index (κ2) is 5.21. The zero-order valence-corrected chi connectivity index (χ0v) is 11.3. The molecule has 0 aliphatic carbocycles. The first-order valence-corrected chi connectivity index (χ1v) is 6.66. The monoisotopic (exact) mass is 264 g/mol. The molecule has 0 aliphatic rings. The van der Waals surface area contributed by atoms with E-state index in [1.165, 1.54) is 0 Å². The number of rotatable bonds is 3. The molecule has 0 aliphatic heterocycles. The zero-order chi connectivity index (χ0) is 13.9. The Hall–Kier alpha value is -2.55. The summed E-state index contributed by atoms with van der Waals surface area (Å²) in [6.45, 7) is 2.65. The molecule has 0 radical (unpaired) electrons. The van der Waals surface area contributed by atoms with Crippen molar-refractivity contribution in [2.24, 2.45) is 0 Å². The fourth-order valence-electron chi connectivity index (χ4n) is 2.30. The Morgan fingerprint density at radius 2 is 1.90 bits per heavy atom. The van der Waals surface area contributed by atoms with Crippen LogP contribution in [0.2, 0.25) is 0 Å². The molecule has 1 aromatic heterocycles. The fourth-order valence-corrected chi connectivity index (χ4v) is 2.30. The predicted octanol–water partition coefficient (Wildman–Crippen LogP) is 3.88. The summed E-state index contributed by atoms with van der Waals surface area (Å²) in [7, 11) is 0. The molecule has 0 amide bonds. The number of benzene rings is 2. The van der Waals surface area contributed by atoms with Crippen molar-refractivity contribution < 1.29 is 4.74 Å². The minimum atomic E-state index is 0.542. The number of pyridine rings is 1. The lowest BCUT2D eigenvalue weighted by Crippen LogP contribution is -1.94. The standard InChI is InChI=1S/C17H16N2O/c1-2-20-16-6-4-3-5-14(16)12-7-9-15-13(11-12)8-10-17(18)19-15/h3-11H,2H2,1H3,(H2,18,19). The highest BCUT2D eigenvalue weighted by atomic mass is 16.5. The molecule has 3 heteroatoms. The Bertz CT molecular complexity index is 753. The quantitative estimate of drug-likeness (QED) is 0.781. The van der Waals surface area contributed by atoms with Gasteiger partial charge in [0.05, 0.1) is 12.1 Å². The maximum absolute atomic E-state index is 5.71. The van der Waals surface area contributed by atoms with E-state index in [1.807, 2.05) is 49.4 Å². The zero-order valence-electron chi connectivity index (χ0n) is 11.3. The average molecular weight is 264 g/mol. The van der Waals surface area contributed by atoms with Crippen molar-refractivity contribution in [3.63, 3.8) is 0 Å². The molecule has 0 saturated carbocycles. The van der Waals surface area contributed by atoms with Gasteiger partial charge in [0.1, 0.15) is 11.6 Å². The SMILES string of the molecule is CCOc1ccccc1-c1ccc2nc(N)ccc2c1. The topological polar surface area (TPSA) is 48.1 Å². The molecule has 2 aromatic carbocycles. The first-order valence-electron chi connectivity index (χ1n) is 6.66. The van der Waals surface area contributed by atoms with Gasteiger partial charge in [-0.05, 0) is 42.8 Å². The second-order valence-corrected chi connectivity index (χ2v) is 4.57.